The Hall–Kier alpha value is -1.51. The van der Waals surface area contributed by atoms with Gasteiger partial charge in [0.1, 0.15) is 0 Å². The zero-order chi connectivity index (χ0) is 15.5. The molecule has 0 aliphatic heterocycles. The molecule has 0 aliphatic carbocycles. The second-order valence-corrected chi connectivity index (χ2v) is 6.98. The zero-order valence-electron chi connectivity index (χ0n) is 12.1. The fourth-order valence-corrected chi connectivity index (χ4v) is 3.64. The molecule has 2 rings (SSSR count). The van der Waals surface area contributed by atoms with Gasteiger partial charge in [0.25, 0.3) is 10.0 Å². The average molecular weight is 326 g/mol. The summed E-state index contributed by atoms with van der Waals surface area (Å²) in [5.74, 6) is 0. The number of nitrogens with zero attached hydrogens (tertiary/aromatic N) is 1. The molecule has 0 aliphatic rings. The molecule has 0 bridgehead atoms. The van der Waals surface area contributed by atoms with Crippen molar-refractivity contribution in [3.8, 4) is 0 Å². The van der Waals surface area contributed by atoms with Crippen LogP contribution >= 0.6 is 11.8 Å². The van der Waals surface area contributed by atoms with Gasteiger partial charge < -0.3 is 5.32 Å². The SMILES string of the molecule is CNCc1c(S(=O)(=O)Nc2cccc(SC)c2)n[nH]c1C. The monoisotopic (exact) mass is 326 g/mol. The molecule has 1 aromatic carbocycles. The van der Waals surface area contributed by atoms with Crippen molar-refractivity contribution in [3.63, 3.8) is 0 Å². The lowest BCUT2D eigenvalue weighted by Gasteiger charge is -2.09. The summed E-state index contributed by atoms with van der Waals surface area (Å²) >= 11 is 1.55. The van der Waals surface area contributed by atoms with Crippen molar-refractivity contribution >= 4 is 27.5 Å². The van der Waals surface area contributed by atoms with Crippen LogP contribution in [-0.2, 0) is 16.6 Å². The van der Waals surface area contributed by atoms with Crippen molar-refractivity contribution in [2.24, 2.45) is 0 Å². The Labute approximate surface area is 128 Å². The molecule has 21 heavy (non-hydrogen) atoms. The van der Waals surface area contributed by atoms with Gasteiger partial charge in [0.2, 0.25) is 5.03 Å². The Bertz CT molecular complexity index is 726. The zero-order valence-corrected chi connectivity index (χ0v) is 13.7. The Kier molecular flexibility index (Phi) is 4.92. The number of rotatable bonds is 6. The number of aryl methyl sites for hydroxylation is 1. The molecule has 0 amide bonds. The quantitative estimate of drug-likeness (QED) is 0.707. The Morgan fingerprint density at radius 3 is 2.81 bits per heavy atom. The van der Waals surface area contributed by atoms with E-state index in [0.717, 1.165) is 10.6 Å². The van der Waals surface area contributed by atoms with Crippen LogP contribution in [0.4, 0.5) is 5.69 Å². The number of sulfonamides is 1. The first-order chi connectivity index (χ1) is 9.97. The van der Waals surface area contributed by atoms with E-state index in [1.54, 1.807) is 37.9 Å². The molecule has 0 atom stereocenters. The van der Waals surface area contributed by atoms with Gasteiger partial charge in [0, 0.05) is 28.4 Å². The van der Waals surface area contributed by atoms with Crippen molar-refractivity contribution in [2.45, 2.75) is 23.4 Å². The van der Waals surface area contributed by atoms with Crippen LogP contribution in [0.5, 0.6) is 0 Å². The molecule has 2 aromatic rings. The second kappa shape index (κ2) is 6.50. The Balaban J connectivity index is 2.34. The van der Waals surface area contributed by atoms with E-state index in [0.29, 0.717) is 17.8 Å². The van der Waals surface area contributed by atoms with Crippen LogP contribution in [0.15, 0.2) is 34.2 Å². The first-order valence-corrected chi connectivity index (χ1v) is 9.04. The van der Waals surface area contributed by atoms with Gasteiger partial charge in [-0.05, 0) is 38.4 Å². The van der Waals surface area contributed by atoms with Gasteiger partial charge in [-0.2, -0.15) is 13.5 Å². The summed E-state index contributed by atoms with van der Waals surface area (Å²) < 4.78 is 27.5. The molecule has 0 radical (unpaired) electrons. The lowest BCUT2D eigenvalue weighted by molar-refractivity contribution is 0.595. The average Bonchev–Trinajstić information content (AvgIpc) is 2.81. The molecule has 3 N–H and O–H groups in total. The molecule has 0 saturated heterocycles. The summed E-state index contributed by atoms with van der Waals surface area (Å²) in [6, 6.07) is 7.25. The van der Waals surface area contributed by atoms with Gasteiger partial charge in [-0.3, -0.25) is 9.82 Å². The highest BCUT2D eigenvalue weighted by molar-refractivity contribution is 7.98. The smallest absolute Gasteiger partial charge is 0.281 e. The number of aromatic amines is 1. The maximum atomic E-state index is 12.5. The molecule has 0 saturated carbocycles. The van der Waals surface area contributed by atoms with Gasteiger partial charge in [-0.15, -0.1) is 11.8 Å². The minimum atomic E-state index is -3.71. The molecule has 8 heteroatoms. The van der Waals surface area contributed by atoms with Crippen LogP contribution in [0, 0.1) is 6.92 Å². The Morgan fingerprint density at radius 2 is 2.14 bits per heavy atom. The second-order valence-electron chi connectivity index (χ2n) is 4.50. The summed E-state index contributed by atoms with van der Waals surface area (Å²) in [5.41, 5.74) is 1.91. The van der Waals surface area contributed by atoms with Crippen LogP contribution < -0.4 is 10.0 Å². The van der Waals surface area contributed by atoms with E-state index in [1.165, 1.54) is 0 Å². The van der Waals surface area contributed by atoms with E-state index in [2.05, 4.69) is 20.2 Å². The van der Waals surface area contributed by atoms with E-state index in [1.807, 2.05) is 18.4 Å². The number of thioether (sulfide) groups is 1. The highest BCUT2D eigenvalue weighted by Crippen LogP contribution is 2.23. The van der Waals surface area contributed by atoms with Gasteiger partial charge >= 0.3 is 0 Å². The van der Waals surface area contributed by atoms with Crippen molar-refractivity contribution < 1.29 is 8.42 Å². The maximum absolute atomic E-state index is 12.5. The fourth-order valence-electron chi connectivity index (χ4n) is 1.93. The normalized spacial score (nSPS) is 11.6. The van der Waals surface area contributed by atoms with Crippen molar-refractivity contribution in [2.75, 3.05) is 18.0 Å². The van der Waals surface area contributed by atoms with Crippen molar-refractivity contribution in [3.05, 3.63) is 35.5 Å². The van der Waals surface area contributed by atoms with Gasteiger partial charge in [0.15, 0.2) is 0 Å². The first-order valence-electron chi connectivity index (χ1n) is 6.33. The summed E-state index contributed by atoms with van der Waals surface area (Å²) in [5, 5.41) is 9.63. The molecule has 6 nitrogen and oxygen atoms in total. The lowest BCUT2D eigenvalue weighted by Crippen LogP contribution is -2.17. The third-order valence-electron chi connectivity index (χ3n) is 2.97. The van der Waals surface area contributed by atoms with Gasteiger partial charge in [-0.25, -0.2) is 0 Å². The number of hydrogen-bond acceptors (Lipinski definition) is 5. The fraction of sp³-hybridized carbons (Fsp3) is 0.308. The number of H-pyrrole nitrogens is 1. The third-order valence-corrected chi connectivity index (χ3v) is 5.04. The number of anilines is 1. The summed E-state index contributed by atoms with van der Waals surface area (Å²) in [6.45, 7) is 2.23. The van der Waals surface area contributed by atoms with E-state index in [-0.39, 0.29) is 5.03 Å². The number of nitrogens with one attached hydrogen (secondary N) is 3. The number of hydrogen-bond donors (Lipinski definition) is 3. The predicted molar refractivity (Wildman–Crippen MR) is 85.1 cm³/mol. The highest BCUT2D eigenvalue weighted by atomic mass is 32.2. The Morgan fingerprint density at radius 1 is 1.38 bits per heavy atom. The minimum Gasteiger partial charge on any atom is -0.316 e. The maximum Gasteiger partial charge on any atom is 0.281 e. The van der Waals surface area contributed by atoms with Crippen molar-refractivity contribution in [1.82, 2.24) is 15.5 Å². The third kappa shape index (κ3) is 3.58. The van der Waals surface area contributed by atoms with Crippen LogP contribution in [0.2, 0.25) is 0 Å². The molecule has 1 aromatic heterocycles. The van der Waals surface area contributed by atoms with Crippen LogP contribution in [0.25, 0.3) is 0 Å². The molecule has 0 fully saturated rings. The first kappa shape index (κ1) is 15.9. The predicted octanol–water partition coefficient (Wildman–Crippen LogP) is 1.96. The van der Waals surface area contributed by atoms with Gasteiger partial charge in [0.05, 0.1) is 0 Å². The molecule has 0 unspecified atom stereocenters. The van der Waals surface area contributed by atoms with E-state index in [9.17, 15) is 8.42 Å². The molecule has 1 heterocycles. The largest absolute Gasteiger partial charge is 0.316 e. The van der Waals surface area contributed by atoms with Crippen molar-refractivity contribution in [1.29, 1.82) is 0 Å². The van der Waals surface area contributed by atoms with Crippen LogP contribution in [0.3, 0.4) is 0 Å². The standard InChI is InChI=1S/C13H18N4O2S2/c1-9-12(8-14-2)13(16-15-9)21(18,19)17-10-5-4-6-11(7-10)20-3/h4-7,14,17H,8H2,1-3H3,(H,15,16). The summed E-state index contributed by atoms with van der Waals surface area (Å²) in [6.07, 6.45) is 1.94. The van der Waals surface area contributed by atoms with E-state index in [4.69, 9.17) is 0 Å². The minimum absolute atomic E-state index is 0.0314. The summed E-state index contributed by atoms with van der Waals surface area (Å²) in [4.78, 5) is 0.990. The molecular weight excluding hydrogens is 308 g/mol. The highest BCUT2D eigenvalue weighted by Gasteiger charge is 2.23. The van der Waals surface area contributed by atoms with Crippen LogP contribution in [-0.4, -0.2) is 31.9 Å². The number of benzene rings is 1. The van der Waals surface area contributed by atoms with E-state index >= 15 is 0 Å². The van der Waals surface area contributed by atoms with E-state index < -0.39 is 10.0 Å². The number of aromatic nitrogens is 2. The molecule has 0 spiro atoms. The molecular formula is C13H18N4O2S2. The molecule has 114 valence electrons. The summed E-state index contributed by atoms with van der Waals surface area (Å²) in [7, 11) is -1.95. The topological polar surface area (TPSA) is 86.9 Å². The van der Waals surface area contributed by atoms with Gasteiger partial charge in [-0.1, -0.05) is 6.07 Å². The van der Waals surface area contributed by atoms with Crippen LogP contribution in [0.1, 0.15) is 11.3 Å². The lowest BCUT2D eigenvalue weighted by atomic mass is 10.3.